The number of anilines is 1. The number of benzene rings is 1. The van der Waals surface area contributed by atoms with Crippen LogP contribution in [0.25, 0.3) is 0 Å². The Kier molecular flexibility index (Phi) is 3.99. The van der Waals surface area contributed by atoms with Gasteiger partial charge in [0.1, 0.15) is 0 Å². The summed E-state index contributed by atoms with van der Waals surface area (Å²) in [5.41, 5.74) is 4.08. The number of aryl methyl sites for hydroxylation is 1. The first kappa shape index (κ1) is 13.9. The number of aliphatic hydroxyl groups is 1. The molecule has 0 spiro atoms. The molecule has 2 unspecified atom stereocenters. The van der Waals surface area contributed by atoms with E-state index in [9.17, 15) is 5.11 Å². The maximum atomic E-state index is 9.90. The molecule has 1 saturated heterocycles. The molecule has 1 saturated carbocycles. The highest BCUT2D eigenvalue weighted by atomic mass is 16.3. The molecular weight excluding hydrogens is 248 g/mol. The van der Waals surface area contributed by atoms with Crippen molar-refractivity contribution in [2.24, 2.45) is 5.92 Å². The van der Waals surface area contributed by atoms with Gasteiger partial charge in [-0.1, -0.05) is 24.6 Å². The molecule has 0 aromatic heterocycles. The van der Waals surface area contributed by atoms with Crippen molar-refractivity contribution in [3.63, 3.8) is 0 Å². The van der Waals surface area contributed by atoms with Crippen LogP contribution >= 0.6 is 0 Å². The average molecular weight is 274 g/mol. The summed E-state index contributed by atoms with van der Waals surface area (Å²) in [4.78, 5) is 2.45. The van der Waals surface area contributed by atoms with Crippen molar-refractivity contribution in [1.29, 1.82) is 0 Å². The average Bonchev–Trinajstić information content (AvgIpc) is 3.24. The molecule has 1 aliphatic heterocycles. The van der Waals surface area contributed by atoms with Crippen LogP contribution in [0.4, 0.5) is 5.69 Å². The number of nitrogens with zero attached hydrogens (tertiary/aromatic N) is 1. The van der Waals surface area contributed by atoms with Crippen LogP contribution in [0.3, 0.4) is 0 Å². The summed E-state index contributed by atoms with van der Waals surface area (Å²) in [7, 11) is 0. The minimum Gasteiger partial charge on any atom is -0.393 e. The van der Waals surface area contributed by atoms with Gasteiger partial charge in [0.15, 0.2) is 0 Å². The number of aliphatic hydroxyl groups excluding tert-OH is 1. The molecule has 2 aliphatic rings. The molecule has 110 valence electrons. The lowest BCUT2D eigenvalue weighted by atomic mass is 9.95. The quantitative estimate of drug-likeness (QED) is 0.885. The molecule has 1 aromatic carbocycles. The van der Waals surface area contributed by atoms with Gasteiger partial charge < -0.3 is 15.3 Å². The van der Waals surface area contributed by atoms with E-state index in [1.165, 1.54) is 29.7 Å². The Morgan fingerprint density at radius 2 is 2.10 bits per heavy atom. The van der Waals surface area contributed by atoms with E-state index in [1.54, 1.807) is 0 Å². The predicted octanol–water partition coefficient (Wildman–Crippen LogP) is 2.45. The Morgan fingerprint density at radius 3 is 2.80 bits per heavy atom. The number of rotatable bonds is 4. The van der Waals surface area contributed by atoms with Crippen LogP contribution in [0.2, 0.25) is 0 Å². The maximum Gasteiger partial charge on any atom is 0.0599 e. The van der Waals surface area contributed by atoms with E-state index in [2.05, 4.69) is 42.3 Å². The summed E-state index contributed by atoms with van der Waals surface area (Å²) in [5, 5.41) is 13.5. The van der Waals surface area contributed by atoms with Crippen molar-refractivity contribution in [1.82, 2.24) is 5.32 Å². The van der Waals surface area contributed by atoms with E-state index < -0.39 is 0 Å². The zero-order chi connectivity index (χ0) is 14.1. The van der Waals surface area contributed by atoms with Crippen molar-refractivity contribution in [3.8, 4) is 0 Å². The predicted molar refractivity (Wildman–Crippen MR) is 83.0 cm³/mol. The fourth-order valence-corrected chi connectivity index (χ4v) is 3.06. The van der Waals surface area contributed by atoms with Gasteiger partial charge in [-0.15, -0.1) is 0 Å². The van der Waals surface area contributed by atoms with Crippen molar-refractivity contribution in [2.45, 2.75) is 51.8 Å². The van der Waals surface area contributed by atoms with E-state index in [0.29, 0.717) is 5.92 Å². The van der Waals surface area contributed by atoms with E-state index >= 15 is 0 Å². The molecule has 2 fully saturated rings. The molecule has 1 aromatic rings. The SMILES string of the molecule is Cc1ccc(N2CCC(O)C(C)C2)c(CNC2CC2)c1. The second kappa shape index (κ2) is 5.74. The molecule has 2 atom stereocenters. The van der Waals surface area contributed by atoms with Crippen LogP contribution in [-0.4, -0.2) is 30.3 Å². The van der Waals surface area contributed by atoms with Gasteiger partial charge in [-0.25, -0.2) is 0 Å². The van der Waals surface area contributed by atoms with Gasteiger partial charge >= 0.3 is 0 Å². The monoisotopic (exact) mass is 274 g/mol. The first-order valence-electron chi connectivity index (χ1n) is 7.89. The highest BCUT2D eigenvalue weighted by molar-refractivity contribution is 5.55. The summed E-state index contributed by atoms with van der Waals surface area (Å²) in [6.45, 7) is 7.20. The lowest BCUT2D eigenvalue weighted by Crippen LogP contribution is -2.42. The van der Waals surface area contributed by atoms with Gasteiger partial charge in [-0.05, 0) is 43.7 Å². The molecule has 3 heteroatoms. The second-order valence-corrected chi connectivity index (χ2v) is 6.57. The largest absolute Gasteiger partial charge is 0.393 e. The van der Waals surface area contributed by atoms with Crippen LogP contribution < -0.4 is 10.2 Å². The van der Waals surface area contributed by atoms with Gasteiger partial charge in [-0.2, -0.15) is 0 Å². The molecule has 0 radical (unpaired) electrons. The van der Waals surface area contributed by atoms with E-state index in [1.807, 2.05) is 0 Å². The minimum absolute atomic E-state index is 0.135. The van der Waals surface area contributed by atoms with Crippen molar-refractivity contribution < 1.29 is 5.11 Å². The highest BCUT2D eigenvalue weighted by Gasteiger charge is 2.26. The molecule has 3 nitrogen and oxygen atoms in total. The lowest BCUT2D eigenvalue weighted by molar-refractivity contribution is 0.0970. The van der Waals surface area contributed by atoms with Gasteiger partial charge in [0.2, 0.25) is 0 Å². The van der Waals surface area contributed by atoms with E-state index in [4.69, 9.17) is 0 Å². The summed E-state index contributed by atoms with van der Waals surface area (Å²) >= 11 is 0. The highest BCUT2D eigenvalue weighted by Crippen LogP contribution is 2.28. The molecule has 1 heterocycles. The molecule has 0 bridgehead atoms. The van der Waals surface area contributed by atoms with E-state index in [-0.39, 0.29) is 6.10 Å². The fraction of sp³-hybridized carbons (Fsp3) is 0.647. The normalized spacial score (nSPS) is 26.9. The Labute approximate surface area is 122 Å². The number of hydrogen-bond acceptors (Lipinski definition) is 3. The molecule has 20 heavy (non-hydrogen) atoms. The summed E-state index contributed by atoms with van der Waals surface area (Å²) in [6.07, 6.45) is 3.40. The Bertz CT molecular complexity index is 470. The van der Waals surface area contributed by atoms with Crippen LogP contribution in [0.1, 0.15) is 37.3 Å². The van der Waals surface area contributed by atoms with E-state index in [0.717, 1.165) is 32.1 Å². The van der Waals surface area contributed by atoms with Crippen molar-refractivity contribution in [2.75, 3.05) is 18.0 Å². The third-order valence-electron chi connectivity index (χ3n) is 4.59. The van der Waals surface area contributed by atoms with Crippen LogP contribution in [-0.2, 0) is 6.54 Å². The zero-order valence-electron chi connectivity index (χ0n) is 12.6. The van der Waals surface area contributed by atoms with Gasteiger partial charge in [0, 0.05) is 31.4 Å². The second-order valence-electron chi connectivity index (χ2n) is 6.57. The van der Waals surface area contributed by atoms with Crippen LogP contribution in [0.15, 0.2) is 18.2 Å². The Balaban J connectivity index is 1.76. The third-order valence-corrected chi connectivity index (χ3v) is 4.59. The first-order chi connectivity index (χ1) is 9.63. The zero-order valence-corrected chi connectivity index (χ0v) is 12.6. The molecule has 3 rings (SSSR count). The minimum atomic E-state index is -0.135. The van der Waals surface area contributed by atoms with Gasteiger partial charge in [0.05, 0.1) is 6.10 Å². The maximum absolute atomic E-state index is 9.90. The third kappa shape index (κ3) is 3.15. The number of hydrogen-bond donors (Lipinski definition) is 2. The summed E-state index contributed by atoms with van der Waals surface area (Å²) in [6, 6.07) is 7.50. The molecular formula is C17H26N2O. The Morgan fingerprint density at radius 1 is 1.30 bits per heavy atom. The standard InChI is InChI=1S/C17H26N2O/c1-12-3-6-16(14(9-12)10-18-15-4-5-15)19-8-7-17(20)13(2)11-19/h3,6,9,13,15,17-18,20H,4-5,7-8,10-11H2,1-2H3. The molecule has 0 amide bonds. The van der Waals surface area contributed by atoms with Crippen LogP contribution in [0, 0.1) is 12.8 Å². The molecule has 1 aliphatic carbocycles. The number of nitrogens with one attached hydrogen (secondary N) is 1. The smallest absolute Gasteiger partial charge is 0.0599 e. The summed E-state index contributed by atoms with van der Waals surface area (Å²) < 4.78 is 0. The Hall–Kier alpha value is -1.06. The summed E-state index contributed by atoms with van der Waals surface area (Å²) in [5.74, 6) is 0.356. The van der Waals surface area contributed by atoms with Gasteiger partial charge in [-0.3, -0.25) is 0 Å². The van der Waals surface area contributed by atoms with Crippen molar-refractivity contribution >= 4 is 5.69 Å². The molecule has 2 N–H and O–H groups in total. The van der Waals surface area contributed by atoms with Crippen molar-refractivity contribution in [3.05, 3.63) is 29.3 Å². The fourth-order valence-electron chi connectivity index (χ4n) is 3.06. The van der Waals surface area contributed by atoms with Gasteiger partial charge in [0.25, 0.3) is 0 Å². The topological polar surface area (TPSA) is 35.5 Å². The lowest BCUT2D eigenvalue weighted by Gasteiger charge is -2.37. The van der Waals surface area contributed by atoms with Crippen LogP contribution in [0.5, 0.6) is 0 Å². The first-order valence-corrected chi connectivity index (χ1v) is 7.89. The number of piperidine rings is 1.